The summed E-state index contributed by atoms with van der Waals surface area (Å²) in [5.74, 6) is -1.76. The molecule has 3 heterocycles. The normalized spacial score (nSPS) is 21.3. The minimum Gasteiger partial charge on any atom is -0.496 e. The minimum absolute atomic E-state index is 0.0622. The Labute approximate surface area is 263 Å². The number of carbonyl (C=O) groups is 2. The Balaban J connectivity index is 1.14. The van der Waals surface area contributed by atoms with Gasteiger partial charge in [0.05, 0.1) is 7.11 Å². The van der Waals surface area contributed by atoms with Crippen molar-refractivity contribution < 1.29 is 27.8 Å². The number of likely N-dealkylation sites (tertiary alicyclic amines) is 2. The number of fused-ring (bicyclic) bond motifs is 1. The highest BCUT2D eigenvalue weighted by Gasteiger charge is 2.58. The number of nitrogens with zero attached hydrogens (tertiary/aromatic N) is 2. The topological polar surface area (TPSA) is 86.9 Å². The van der Waals surface area contributed by atoms with Gasteiger partial charge in [0.2, 0.25) is 5.92 Å². The number of hydrogen-bond donors (Lipinski definition) is 2. The van der Waals surface area contributed by atoms with Crippen molar-refractivity contribution in [2.24, 2.45) is 11.3 Å². The van der Waals surface area contributed by atoms with Crippen molar-refractivity contribution in [1.29, 1.82) is 0 Å². The summed E-state index contributed by atoms with van der Waals surface area (Å²) in [4.78, 5) is 32.5. The molecular formula is C35H44F2N4O4. The molecule has 2 amide bonds. The monoisotopic (exact) mass is 622 g/mol. The fourth-order valence-electron chi connectivity index (χ4n) is 7.42. The van der Waals surface area contributed by atoms with Crippen LogP contribution in [0.2, 0.25) is 0 Å². The van der Waals surface area contributed by atoms with E-state index in [1.165, 1.54) is 0 Å². The zero-order valence-electron chi connectivity index (χ0n) is 26.8. The summed E-state index contributed by atoms with van der Waals surface area (Å²) in [5.41, 5.74) is 3.92. The molecule has 2 saturated heterocycles. The molecule has 1 atom stereocenters. The Morgan fingerprint density at radius 3 is 2.47 bits per heavy atom. The first-order chi connectivity index (χ1) is 21.2. The van der Waals surface area contributed by atoms with E-state index in [0.717, 1.165) is 39.8 Å². The van der Waals surface area contributed by atoms with Crippen LogP contribution in [0.3, 0.4) is 0 Å². The van der Waals surface area contributed by atoms with Crippen molar-refractivity contribution in [2.45, 2.75) is 77.5 Å². The number of rotatable bonds is 7. The standard InChI is InChI=1S/C35H44F2N4O4/c1-22-14-29(44-5)27(26-10-12-38-30(22)26)19-40-13-11-34(20-35(36,37)21-34)15-28(40)24-6-8-25(9-7-24)31(42)39-16-23-17-41(18-23)32(43)45-33(2,3)4/h6-10,12,14,23,28,38H,11,13,15-21H2,1-5H3,(H,39,42)/t28-/m0/s1. The van der Waals surface area contributed by atoms with Gasteiger partial charge in [0.1, 0.15) is 11.4 Å². The highest BCUT2D eigenvalue weighted by atomic mass is 19.3. The zero-order chi connectivity index (χ0) is 32.1. The lowest BCUT2D eigenvalue weighted by Crippen LogP contribution is -2.54. The van der Waals surface area contributed by atoms with Crippen LogP contribution in [0, 0.1) is 18.3 Å². The second kappa shape index (κ2) is 11.6. The molecule has 1 aromatic heterocycles. The van der Waals surface area contributed by atoms with Crippen molar-refractivity contribution >= 4 is 22.9 Å². The molecule has 2 aliphatic heterocycles. The maximum Gasteiger partial charge on any atom is 0.410 e. The third kappa shape index (κ3) is 6.52. The average molecular weight is 623 g/mol. The zero-order valence-corrected chi connectivity index (χ0v) is 26.8. The molecule has 6 rings (SSSR count). The molecule has 3 aromatic rings. The SMILES string of the molecule is COc1cc(C)c2[nH]ccc2c1CN1CCC2(C[C@H]1c1ccc(C(=O)NCC3CN(C(=O)OC(C)(C)C)C3)cc1)CC(F)(F)C2. The lowest BCUT2D eigenvalue weighted by atomic mass is 9.59. The fraction of sp³-hybridized carbons (Fsp3) is 0.543. The number of halogens is 2. The number of H-pyrrole nitrogens is 1. The van der Waals surface area contributed by atoms with Crippen LogP contribution in [0.5, 0.6) is 5.75 Å². The Morgan fingerprint density at radius 1 is 1.11 bits per heavy atom. The summed E-state index contributed by atoms with van der Waals surface area (Å²) in [6, 6.07) is 11.6. The molecular weight excluding hydrogens is 578 g/mol. The van der Waals surface area contributed by atoms with Gasteiger partial charge in [-0.1, -0.05) is 12.1 Å². The van der Waals surface area contributed by atoms with E-state index >= 15 is 0 Å². The third-order valence-corrected chi connectivity index (χ3v) is 9.67. The molecule has 8 nitrogen and oxygen atoms in total. The molecule has 0 radical (unpaired) electrons. The Morgan fingerprint density at radius 2 is 1.82 bits per heavy atom. The van der Waals surface area contributed by atoms with Crippen LogP contribution in [0.1, 0.15) is 79.5 Å². The predicted molar refractivity (Wildman–Crippen MR) is 169 cm³/mol. The number of carbonyl (C=O) groups excluding carboxylic acids is 2. The number of methoxy groups -OCH3 is 1. The molecule has 1 aliphatic carbocycles. The number of aromatic nitrogens is 1. The van der Waals surface area contributed by atoms with Crippen molar-refractivity contribution in [3.63, 3.8) is 0 Å². The molecule has 1 saturated carbocycles. The number of piperidine rings is 1. The fourth-order valence-corrected chi connectivity index (χ4v) is 7.42. The summed E-state index contributed by atoms with van der Waals surface area (Å²) < 4.78 is 39.5. The number of benzene rings is 2. The van der Waals surface area contributed by atoms with Gasteiger partial charge in [-0.05, 0) is 87.9 Å². The van der Waals surface area contributed by atoms with Crippen LogP contribution in [0.4, 0.5) is 13.6 Å². The number of aromatic amines is 1. The third-order valence-electron chi connectivity index (χ3n) is 9.67. The van der Waals surface area contributed by atoms with Crippen LogP contribution < -0.4 is 10.1 Å². The van der Waals surface area contributed by atoms with E-state index in [-0.39, 0.29) is 42.2 Å². The summed E-state index contributed by atoms with van der Waals surface area (Å²) in [5, 5.41) is 4.10. The van der Waals surface area contributed by atoms with Gasteiger partial charge >= 0.3 is 6.09 Å². The number of nitrogens with one attached hydrogen (secondary N) is 2. The highest BCUT2D eigenvalue weighted by Crippen LogP contribution is 2.60. The number of aryl methyl sites for hydroxylation is 1. The molecule has 10 heteroatoms. The van der Waals surface area contributed by atoms with Crippen LogP contribution in [0.15, 0.2) is 42.6 Å². The van der Waals surface area contributed by atoms with Gasteiger partial charge in [-0.25, -0.2) is 13.6 Å². The van der Waals surface area contributed by atoms with Crippen molar-refractivity contribution in [2.75, 3.05) is 33.3 Å². The maximum atomic E-state index is 14.1. The maximum absolute atomic E-state index is 14.1. The second-order valence-corrected chi connectivity index (χ2v) is 14.4. The first kappa shape index (κ1) is 31.3. The first-order valence-electron chi connectivity index (χ1n) is 15.9. The van der Waals surface area contributed by atoms with Crippen LogP contribution in [0.25, 0.3) is 10.9 Å². The molecule has 3 aliphatic rings. The lowest BCUT2D eigenvalue weighted by molar-refractivity contribution is -0.186. The van der Waals surface area contributed by atoms with Gasteiger partial charge in [0, 0.05) is 79.2 Å². The molecule has 242 valence electrons. The van der Waals surface area contributed by atoms with Crippen LogP contribution in [-0.4, -0.2) is 71.6 Å². The van der Waals surface area contributed by atoms with Gasteiger partial charge in [0.15, 0.2) is 0 Å². The summed E-state index contributed by atoms with van der Waals surface area (Å²) in [7, 11) is 1.68. The smallest absolute Gasteiger partial charge is 0.410 e. The number of ether oxygens (including phenoxy) is 2. The quantitative estimate of drug-likeness (QED) is 0.302. The largest absolute Gasteiger partial charge is 0.496 e. The second-order valence-electron chi connectivity index (χ2n) is 14.4. The molecule has 0 unspecified atom stereocenters. The van der Waals surface area contributed by atoms with Crippen LogP contribution in [-0.2, 0) is 11.3 Å². The molecule has 2 aromatic carbocycles. The van der Waals surface area contributed by atoms with E-state index in [4.69, 9.17) is 9.47 Å². The van der Waals surface area contributed by atoms with E-state index < -0.39 is 11.5 Å². The Kier molecular flexibility index (Phi) is 8.08. The molecule has 3 fully saturated rings. The van der Waals surface area contributed by atoms with Crippen molar-refractivity contribution in [1.82, 2.24) is 20.1 Å². The van der Waals surface area contributed by atoms with Gasteiger partial charge in [-0.2, -0.15) is 0 Å². The van der Waals surface area contributed by atoms with E-state index in [1.807, 2.05) is 57.3 Å². The minimum atomic E-state index is -2.59. The van der Waals surface area contributed by atoms with E-state index in [2.05, 4.69) is 28.2 Å². The molecule has 2 N–H and O–H groups in total. The van der Waals surface area contributed by atoms with E-state index in [0.29, 0.717) is 44.7 Å². The average Bonchev–Trinajstić information content (AvgIpc) is 3.43. The summed E-state index contributed by atoms with van der Waals surface area (Å²) in [6.45, 7) is 10.5. The lowest BCUT2D eigenvalue weighted by Gasteiger charge is -2.54. The number of amides is 2. The number of hydrogen-bond acceptors (Lipinski definition) is 5. The van der Waals surface area contributed by atoms with Crippen LogP contribution >= 0.6 is 0 Å². The van der Waals surface area contributed by atoms with Gasteiger partial charge < -0.3 is 24.7 Å². The molecule has 1 spiro atoms. The van der Waals surface area contributed by atoms with Gasteiger partial charge in [-0.3, -0.25) is 9.69 Å². The Hall–Kier alpha value is -3.66. The van der Waals surface area contributed by atoms with Crippen molar-refractivity contribution in [3.05, 3.63) is 64.8 Å². The Bertz CT molecular complexity index is 1560. The van der Waals surface area contributed by atoms with Crippen molar-refractivity contribution in [3.8, 4) is 5.75 Å². The van der Waals surface area contributed by atoms with E-state index in [1.54, 1.807) is 12.0 Å². The number of alkyl halides is 2. The van der Waals surface area contributed by atoms with Gasteiger partial charge in [-0.15, -0.1) is 0 Å². The summed E-state index contributed by atoms with van der Waals surface area (Å²) in [6.07, 6.45) is 2.86. The highest BCUT2D eigenvalue weighted by molar-refractivity contribution is 5.94. The van der Waals surface area contributed by atoms with E-state index in [9.17, 15) is 18.4 Å². The first-order valence-corrected chi connectivity index (χ1v) is 15.9. The molecule has 0 bridgehead atoms. The predicted octanol–water partition coefficient (Wildman–Crippen LogP) is 6.83. The summed E-state index contributed by atoms with van der Waals surface area (Å²) >= 11 is 0. The molecule has 45 heavy (non-hydrogen) atoms. The van der Waals surface area contributed by atoms with Gasteiger partial charge in [0.25, 0.3) is 5.91 Å².